The van der Waals surface area contributed by atoms with Gasteiger partial charge in [-0.2, -0.15) is 0 Å². The third-order valence-electron chi connectivity index (χ3n) is 10.1. The summed E-state index contributed by atoms with van der Waals surface area (Å²) in [6.07, 6.45) is -6.11. The number of amides is 1. The van der Waals surface area contributed by atoms with Crippen LogP contribution >= 0.6 is 0 Å². The van der Waals surface area contributed by atoms with Gasteiger partial charge in [-0.1, -0.05) is 133 Å². The lowest BCUT2D eigenvalue weighted by molar-refractivity contribution is -0.261. The summed E-state index contributed by atoms with van der Waals surface area (Å²) in [6.45, 7) is 9.21. The number of carbonyl (C=O) groups excluding carboxylic acids is 2. The molecule has 1 N–H and O–H groups in total. The van der Waals surface area contributed by atoms with Crippen LogP contribution in [0, 0.1) is 11.8 Å². The van der Waals surface area contributed by atoms with E-state index >= 15 is 0 Å². The van der Waals surface area contributed by atoms with Crippen LogP contribution in [0.1, 0.15) is 56.9 Å². The van der Waals surface area contributed by atoms with Crippen molar-refractivity contribution in [3.8, 4) is 11.8 Å². The van der Waals surface area contributed by atoms with Crippen LogP contribution < -0.4 is 0 Å². The molecule has 2 aliphatic heterocycles. The Balaban J connectivity index is 1.38. The van der Waals surface area contributed by atoms with E-state index in [4.69, 9.17) is 33.2 Å². The SMILES string of the molecule is CC(C)(C)OC(=O)N1C(C)(C)OC[C@]1(C=O)C(O)C#C[C@@H]1O[C@H](COCc2ccccc2)[C@H](OCc2ccccc2)[C@H](OCc2ccccc2)[C@H]1OCc1ccccc1. The van der Waals surface area contributed by atoms with Crippen molar-refractivity contribution in [2.75, 3.05) is 13.2 Å². The van der Waals surface area contributed by atoms with Crippen LogP contribution in [0.5, 0.6) is 0 Å². The lowest BCUT2D eigenvalue weighted by Crippen LogP contribution is -2.63. The summed E-state index contributed by atoms with van der Waals surface area (Å²) >= 11 is 0. The van der Waals surface area contributed by atoms with E-state index in [1.54, 1.807) is 34.6 Å². The average Bonchev–Trinajstić information content (AvgIpc) is 3.53. The molecule has 11 heteroatoms. The largest absolute Gasteiger partial charge is 0.444 e. The fraction of sp³-hybridized carbons (Fsp3) is 0.417. The van der Waals surface area contributed by atoms with Crippen molar-refractivity contribution in [3.05, 3.63) is 144 Å². The molecule has 2 saturated heterocycles. The van der Waals surface area contributed by atoms with Crippen molar-refractivity contribution >= 4 is 12.4 Å². The second-order valence-electron chi connectivity index (χ2n) is 16.2. The van der Waals surface area contributed by atoms with Gasteiger partial charge in [0.2, 0.25) is 0 Å². The molecule has 0 aromatic heterocycles. The van der Waals surface area contributed by atoms with E-state index in [1.165, 1.54) is 0 Å². The predicted molar refractivity (Wildman–Crippen MR) is 220 cm³/mol. The van der Waals surface area contributed by atoms with E-state index in [0.717, 1.165) is 27.2 Å². The Morgan fingerprint density at radius 1 is 0.763 bits per heavy atom. The van der Waals surface area contributed by atoms with Gasteiger partial charge >= 0.3 is 6.09 Å². The van der Waals surface area contributed by atoms with Gasteiger partial charge in [0.25, 0.3) is 0 Å². The number of hydrogen-bond donors (Lipinski definition) is 1. The first-order chi connectivity index (χ1) is 28.4. The number of benzene rings is 4. The van der Waals surface area contributed by atoms with Crippen molar-refractivity contribution in [2.24, 2.45) is 0 Å². The Morgan fingerprint density at radius 2 is 1.22 bits per heavy atom. The molecule has 2 aliphatic rings. The normalized spacial score (nSPS) is 24.4. The topological polar surface area (TPSA) is 122 Å². The van der Waals surface area contributed by atoms with E-state index in [-0.39, 0.29) is 33.0 Å². The van der Waals surface area contributed by atoms with E-state index in [2.05, 4.69) is 11.8 Å². The molecule has 0 saturated carbocycles. The van der Waals surface area contributed by atoms with E-state index in [9.17, 15) is 14.7 Å². The lowest BCUT2D eigenvalue weighted by atomic mass is 9.91. The number of aliphatic hydroxyl groups excluding tert-OH is 1. The summed E-state index contributed by atoms with van der Waals surface area (Å²) in [6, 6.07) is 39.1. The molecule has 2 heterocycles. The molecule has 0 bridgehead atoms. The van der Waals surface area contributed by atoms with Crippen LogP contribution in [0.15, 0.2) is 121 Å². The second-order valence-corrected chi connectivity index (χ2v) is 16.2. The van der Waals surface area contributed by atoms with Gasteiger partial charge in [0.1, 0.15) is 47.9 Å². The van der Waals surface area contributed by atoms with Gasteiger partial charge in [-0.15, -0.1) is 0 Å². The molecule has 1 unspecified atom stereocenters. The highest BCUT2D eigenvalue weighted by molar-refractivity contribution is 5.80. The maximum atomic E-state index is 13.6. The van der Waals surface area contributed by atoms with Gasteiger partial charge in [-0.3, -0.25) is 4.90 Å². The van der Waals surface area contributed by atoms with Crippen LogP contribution in [0.25, 0.3) is 0 Å². The number of nitrogens with zero attached hydrogens (tertiary/aromatic N) is 1. The van der Waals surface area contributed by atoms with E-state index < -0.39 is 59.6 Å². The quantitative estimate of drug-likeness (QED) is 0.0991. The molecule has 4 aromatic carbocycles. The number of rotatable bonds is 15. The van der Waals surface area contributed by atoms with Crippen molar-refractivity contribution in [1.82, 2.24) is 4.90 Å². The second kappa shape index (κ2) is 19.9. The zero-order chi connectivity index (χ0) is 41.9. The summed E-state index contributed by atoms with van der Waals surface area (Å²) in [5.41, 5.74) is -0.273. The smallest absolute Gasteiger partial charge is 0.413 e. The van der Waals surface area contributed by atoms with Crippen molar-refractivity contribution in [2.45, 2.75) is 115 Å². The van der Waals surface area contributed by atoms with Crippen LogP contribution in [0.3, 0.4) is 0 Å². The first-order valence-corrected chi connectivity index (χ1v) is 19.9. The highest BCUT2D eigenvalue weighted by atomic mass is 16.6. The van der Waals surface area contributed by atoms with Crippen LogP contribution in [0.4, 0.5) is 4.79 Å². The molecule has 1 amide bonds. The maximum Gasteiger partial charge on any atom is 0.413 e. The lowest BCUT2D eigenvalue weighted by Gasteiger charge is -2.45. The summed E-state index contributed by atoms with van der Waals surface area (Å²) in [4.78, 5) is 27.8. The maximum absolute atomic E-state index is 13.6. The van der Waals surface area contributed by atoms with Gasteiger partial charge in [0.05, 0.1) is 39.6 Å². The molecule has 312 valence electrons. The van der Waals surface area contributed by atoms with Crippen LogP contribution in [-0.2, 0) is 64.4 Å². The summed E-state index contributed by atoms with van der Waals surface area (Å²) < 4.78 is 45.0. The Bertz CT molecular complexity index is 1980. The zero-order valence-corrected chi connectivity index (χ0v) is 34.4. The Kier molecular flexibility index (Phi) is 14.7. The monoisotopic (exact) mass is 805 g/mol. The molecular weight excluding hydrogens is 751 g/mol. The van der Waals surface area contributed by atoms with Crippen molar-refractivity contribution < 1.29 is 47.9 Å². The van der Waals surface area contributed by atoms with Crippen molar-refractivity contribution in [1.29, 1.82) is 0 Å². The summed E-state index contributed by atoms with van der Waals surface area (Å²) in [5.74, 6) is 5.98. The highest BCUT2D eigenvalue weighted by Gasteiger charge is 2.59. The summed E-state index contributed by atoms with van der Waals surface area (Å²) in [7, 11) is 0. The first-order valence-electron chi connectivity index (χ1n) is 19.9. The number of ether oxygens (including phenoxy) is 7. The van der Waals surface area contributed by atoms with Gasteiger partial charge in [0.15, 0.2) is 11.8 Å². The Morgan fingerprint density at radius 3 is 1.69 bits per heavy atom. The molecule has 0 aliphatic carbocycles. The Hall–Kier alpha value is -4.90. The standard InChI is InChI=1S/C48H55NO10/c1-46(2,3)59-45(52)49-47(4,5)57-34-48(49,33-50)41(51)27-26-39-42(54-29-36-20-12-7-13-21-36)44(56-31-38-24-16-9-17-25-38)43(55-30-37-22-14-8-15-23-37)40(58-39)32-53-28-35-18-10-6-11-19-35/h6-25,33,39-44,51H,28-32,34H2,1-5H3/t39-,40+,41?,42-,43-,44+,48+/m0/s1. The fourth-order valence-corrected chi connectivity index (χ4v) is 7.16. The number of hydrogen-bond acceptors (Lipinski definition) is 10. The molecule has 0 radical (unpaired) electrons. The fourth-order valence-electron chi connectivity index (χ4n) is 7.16. The minimum absolute atomic E-state index is 0.110. The van der Waals surface area contributed by atoms with Crippen LogP contribution in [-0.4, -0.2) is 89.1 Å². The molecule has 2 fully saturated rings. The predicted octanol–water partition coefficient (Wildman–Crippen LogP) is 7.03. The third-order valence-corrected chi connectivity index (χ3v) is 10.1. The molecule has 59 heavy (non-hydrogen) atoms. The van der Waals surface area contributed by atoms with Gasteiger partial charge < -0.3 is 43.1 Å². The minimum Gasteiger partial charge on any atom is -0.444 e. The van der Waals surface area contributed by atoms with Gasteiger partial charge in [-0.05, 0) is 56.9 Å². The number of aldehydes is 1. The average molecular weight is 806 g/mol. The molecule has 6 rings (SSSR count). The molecule has 4 aromatic rings. The summed E-state index contributed by atoms with van der Waals surface area (Å²) in [5, 5.41) is 11.9. The minimum atomic E-state index is -1.89. The Labute approximate surface area is 347 Å². The third kappa shape index (κ3) is 11.4. The van der Waals surface area contributed by atoms with Gasteiger partial charge in [0, 0.05) is 0 Å². The molecule has 0 spiro atoms. The molecule has 7 atom stereocenters. The zero-order valence-electron chi connectivity index (χ0n) is 34.4. The molecule has 11 nitrogen and oxygen atoms in total. The highest BCUT2D eigenvalue weighted by Crippen LogP contribution is 2.38. The van der Waals surface area contributed by atoms with Crippen LogP contribution in [0.2, 0.25) is 0 Å². The van der Waals surface area contributed by atoms with Gasteiger partial charge in [-0.25, -0.2) is 4.79 Å². The van der Waals surface area contributed by atoms with E-state index in [0.29, 0.717) is 12.9 Å². The van der Waals surface area contributed by atoms with Crippen molar-refractivity contribution in [3.63, 3.8) is 0 Å². The van der Waals surface area contributed by atoms with E-state index in [1.807, 2.05) is 121 Å². The molecular formula is C48H55NO10. The number of aliphatic hydroxyl groups is 1. The number of carbonyl (C=O) groups is 2. The first kappa shape index (κ1) is 43.7.